The predicted octanol–water partition coefficient (Wildman–Crippen LogP) is 4.09. The second-order valence-corrected chi connectivity index (χ2v) is 6.73. The Morgan fingerprint density at radius 2 is 1.86 bits per heavy atom. The van der Waals surface area contributed by atoms with Crippen molar-refractivity contribution in [1.82, 2.24) is 4.90 Å². The molecule has 0 unspecified atom stereocenters. The molecule has 1 fully saturated rings. The number of nitrogens with zero attached hydrogens (tertiary/aromatic N) is 1. The first kappa shape index (κ1) is 15.3. The number of benzene rings is 1. The maximum absolute atomic E-state index is 11.4. The minimum absolute atomic E-state index is 0.123. The molecule has 22 heavy (non-hydrogen) atoms. The molecule has 4 heteroatoms. The zero-order valence-electron chi connectivity index (χ0n) is 12.9. The smallest absolute Gasteiger partial charge is 0.169 e. The van der Waals surface area contributed by atoms with Crippen molar-refractivity contribution >= 4 is 17.1 Å². The number of carbonyl (C=O) groups excluding carboxylic acids is 1. The number of carbonyl (C=O) groups is 1. The van der Waals surface area contributed by atoms with Crippen LogP contribution in [0.15, 0.2) is 36.4 Å². The number of ether oxygens (including phenoxy) is 1. The largest absolute Gasteiger partial charge is 0.492 e. The van der Waals surface area contributed by atoms with Crippen molar-refractivity contribution in [2.24, 2.45) is 0 Å². The van der Waals surface area contributed by atoms with Crippen LogP contribution in [0.1, 0.15) is 29.4 Å². The average molecular weight is 315 g/mol. The Kier molecular flexibility index (Phi) is 4.90. The molecule has 3 rings (SSSR count). The Morgan fingerprint density at radius 3 is 2.50 bits per heavy atom. The van der Waals surface area contributed by atoms with E-state index in [1.807, 2.05) is 24.3 Å². The summed E-state index contributed by atoms with van der Waals surface area (Å²) in [6.07, 6.45) is 2.63. The molecule has 0 aliphatic carbocycles. The van der Waals surface area contributed by atoms with E-state index in [2.05, 4.69) is 17.0 Å². The Labute approximate surface area is 135 Å². The van der Waals surface area contributed by atoms with Gasteiger partial charge >= 0.3 is 0 Å². The molecule has 0 radical (unpaired) electrons. The highest BCUT2D eigenvalue weighted by Crippen LogP contribution is 2.29. The van der Waals surface area contributed by atoms with Gasteiger partial charge in [0.1, 0.15) is 12.4 Å². The van der Waals surface area contributed by atoms with Crippen molar-refractivity contribution in [2.45, 2.75) is 19.8 Å². The summed E-state index contributed by atoms with van der Waals surface area (Å²) in [6.45, 7) is 5.77. The van der Waals surface area contributed by atoms with Crippen LogP contribution in [0.4, 0.5) is 0 Å². The third-order valence-electron chi connectivity index (χ3n) is 3.97. The van der Waals surface area contributed by atoms with Crippen LogP contribution in [0.3, 0.4) is 0 Å². The third-order valence-corrected chi connectivity index (χ3v) is 5.20. The van der Waals surface area contributed by atoms with E-state index in [9.17, 15) is 4.79 Å². The zero-order chi connectivity index (χ0) is 15.4. The predicted molar refractivity (Wildman–Crippen MR) is 90.9 cm³/mol. The third kappa shape index (κ3) is 3.76. The van der Waals surface area contributed by atoms with Crippen molar-refractivity contribution in [3.63, 3.8) is 0 Å². The van der Waals surface area contributed by atoms with Gasteiger partial charge in [-0.3, -0.25) is 9.69 Å². The molecule has 1 aliphatic heterocycles. The van der Waals surface area contributed by atoms with Gasteiger partial charge in [-0.1, -0.05) is 0 Å². The maximum Gasteiger partial charge on any atom is 0.169 e. The lowest BCUT2D eigenvalue weighted by molar-refractivity contribution is 0.102. The molecule has 2 heterocycles. The summed E-state index contributed by atoms with van der Waals surface area (Å²) in [7, 11) is 0. The van der Waals surface area contributed by atoms with Crippen LogP contribution in [-0.4, -0.2) is 36.9 Å². The lowest BCUT2D eigenvalue weighted by Crippen LogP contribution is -2.25. The van der Waals surface area contributed by atoms with Gasteiger partial charge in [-0.05, 0) is 74.8 Å². The molecule has 0 saturated carbocycles. The number of hydrogen-bond acceptors (Lipinski definition) is 4. The van der Waals surface area contributed by atoms with Gasteiger partial charge in [0.15, 0.2) is 5.78 Å². The molecule has 116 valence electrons. The van der Waals surface area contributed by atoms with Crippen LogP contribution in [-0.2, 0) is 0 Å². The molecule has 2 aromatic rings. The second-order valence-electron chi connectivity index (χ2n) is 5.64. The summed E-state index contributed by atoms with van der Waals surface area (Å²) in [5.74, 6) is 1.03. The molecular weight excluding hydrogens is 294 g/mol. The lowest BCUT2D eigenvalue weighted by Gasteiger charge is -2.14. The van der Waals surface area contributed by atoms with E-state index in [0.717, 1.165) is 34.2 Å². The average Bonchev–Trinajstić information content (AvgIpc) is 3.19. The van der Waals surface area contributed by atoms with Crippen LogP contribution in [0, 0.1) is 0 Å². The van der Waals surface area contributed by atoms with Gasteiger partial charge in [0.2, 0.25) is 0 Å². The van der Waals surface area contributed by atoms with Crippen molar-refractivity contribution in [2.75, 3.05) is 26.2 Å². The first-order chi connectivity index (χ1) is 10.7. The molecule has 1 aromatic heterocycles. The minimum atomic E-state index is 0.123. The summed E-state index contributed by atoms with van der Waals surface area (Å²) in [5.41, 5.74) is 1.13. The van der Waals surface area contributed by atoms with Crippen LogP contribution in [0.5, 0.6) is 5.75 Å². The van der Waals surface area contributed by atoms with Crippen LogP contribution < -0.4 is 4.74 Å². The van der Waals surface area contributed by atoms with E-state index in [-0.39, 0.29) is 5.78 Å². The summed E-state index contributed by atoms with van der Waals surface area (Å²) in [4.78, 5) is 15.7. The molecule has 0 spiro atoms. The van der Waals surface area contributed by atoms with Crippen molar-refractivity contribution in [3.05, 3.63) is 41.3 Å². The van der Waals surface area contributed by atoms with Gasteiger partial charge in [0.05, 0.1) is 4.88 Å². The van der Waals surface area contributed by atoms with E-state index < -0.39 is 0 Å². The van der Waals surface area contributed by atoms with Crippen LogP contribution in [0.25, 0.3) is 10.4 Å². The normalized spacial score (nSPS) is 15.1. The molecule has 1 aliphatic rings. The summed E-state index contributed by atoms with van der Waals surface area (Å²) < 4.78 is 5.81. The van der Waals surface area contributed by atoms with Gasteiger partial charge < -0.3 is 4.74 Å². The molecule has 0 atom stereocenters. The number of Topliss-reactive ketones (excluding diaryl/α,β-unsaturated/α-hetero) is 1. The van der Waals surface area contributed by atoms with Gasteiger partial charge in [-0.25, -0.2) is 0 Å². The quantitative estimate of drug-likeness (QED) is 0.752. The number of likely N-dealkylation sites (tertiary alicyclic amines) is 1. The lowest BCUT2D eigenvalue weighted by atomic mass is 10.2. The monoisotopic (exact) mass is 315 g/mol. The Morgan fingerprint density at radius 1 is 1.14 bits per heavy atom. The Balaban J connectivity index is 1.56. The van der Waals surface area contributed by atoms with E-state index in [4.69, 9.17) is 4.74 Å². The van der Waals surface area contributed by atoms with E-state index in [1.165, 1.54) is 37.3 Å². The molecule has 1 aromatic carbocycles. The Hall–Kier alpha value is -1.65. The number of thiophene rings is 1. The standard InChI is InChI=1S/C18H21NO2S/c1-14(20)17-8-9-18(22-17)15-4-6-16(7-5-15)21-13-12-19-10-2-3-11-19/h4-9H,2-3,10-13H2,1H3. The SMILES string of the molecule is CC(=O)c1ccc(-c2ccc(OCCN3CCCC3)cc2)s1. The molecular formula is C18H21NO2S. The summed E-state index contributed by atoms with van der Waals surface area (Å²) >= 11 is 1.54. The van der Waals surface area contributed by atoms with Crippen molar-refractivity contribution in [1.29, 1.82) is 0 Å². The molecule has 0 N–H and O–H groups in total. The van der Waals surface area contributed by atoms with E-state index >= 15 is 0 Å². The molecule has 0 bridgehead atoms. The first-order valence-corrected chi connectivity index (χ1v) is 8.60. The van der Waals surface area contributed by atoms with Gasteiger partial charge in [0, 0.05) is 11.4 Å². The fraction of sp³-hybridized carbons (Fsp3) is 0.389. The highest BCUT2D eigenvalue weighted by molar-refractivity contribution is 7.17. The van der Waals surface area contributed by atoms with Crippen LogP contribution in [0.2, 0.25) is 0 Å². The maximum atomic E-state index is 11.4. The van der Waals surface area contributed by atoms with E-state index in [0.29, 0.717) is 0 Å². The minimum Gasteiger partial charge on any atom is -0.492 e. The Bertz CT molecular complexity index is 627. The van der Waals surface area contributed by atoms with Crippen LogP contribution >= 0.6 is 11.3 Å². The number of ketones is 1. The molecule has 3 nitrogen and oxygen atoms in total. The fourth-order valence-corrected chi connectivity index (χ4v) is 3.60. The fourth-order valence-electron chi connectivity index (χ4n) is 2.70. The zero-order valence-corrected chi connectivity index (χ0v) is 13.7. The van der Waals surface area contributed by atoms with Gasteiger partial charge in [-0.15, -0.1) is 11.3 Å². The molecule has 0 amide bonds. The number of hydrogen-bond donors (Lipinski definition) is 0. The summed E-state index contributed by atoms with van der Waals surface area (Å²) in [6, 6.07) is 12.0. The topological polar surface area (TPSA) is 29.5 Å². The van der Waals surface area contributed by atoms with Crippen molar-refractivity contribution in [3.8, 4) is 16.2 Å². The highest BCUT2D eigenvalue weighted by Gasteiger charge is 2.11. The highest BCUT2D eigenvalue weighted by atomic mass is 32.1. The first-order valence-electron chi connectivity index (χ1n) is 7.79. The van der Waals surface area contributed by atoms with Gasteiger partial charge in [0.25, 0.3) is 0 Å². The second kappa shape index (κ2) is 7.07. The van der Waals surface area contributed by atoms with Gasteiger partial charge in [-0.2, -0.15) is 0 Å². The van der Waals surface area contributed by atoms with Crippen molar-refractivity contribution < 1.29 is 9.53 Å². The van der Waals surface area contributed by atoms with E-state index in [1.54, 1.807) is 6.92 Å². The summed E-state index contributed by atoms with van der Waals surface area (Å²) in [5, 5.41) is 0. The number of rotatable bonds is 6. The molecule has 1 saturated heterocycles.